The maximum atomic E-state index is 11.1. The van der Waals surface area contributed by atoms with Crippen LogP contribution in [-0.4, -0.2) is 43.1 Å². The minimum Gasteiger partial charge on any atom is -0.468 e. The van der Waals surface area contributed by atoms with Crippen LogP contribution in [0.15, 0.2) is 17.6 Å². The Morgan fingerprint density at radius 2 is 2.39 bits per heavy atom. The molecule has 0 aromatic carbocycles. The third-order valence-electron chi connectivity index (χ3n) is 2.13. The van der Waals surface area contributed by atoms with Gasteiger partial charge in [0.05, 0.1) is 13.3 Å². The number of ether oxygens (including phenoxy) is 1. The first-order valence-corrected chi connectivity index (χ1v) is 6.11. The van der Waals surface area contributed by atoms with E-state index in [1.165, 1.54) is 23.6 Å². The van der Waals surface area contributed by atoms with E-state index in [1.807, 2.05) is 13.2 Å². The zero-order valence-electron chi connectivity index (χ0n) is 9.98. The highest BCUT2D eigenvalue weighted by Crippen LogP contribution is 2.19. The largest absolute Gasteiger partial charge is 0.468 e. The highest BCUT2D eigenvalue weighted by Gasteiger charge is 2.11. The van der Waals surface area contributed by atoms with Gasteiger partial charge in [0.2, 0.25) is 5.16 Å². The number of methoxy groups -OCH3 is 1. The summed E-state index contributed by atoms with van der Waals surface area (Å²) in [4.78, 5) is 11.1. The highest BCUT2D eigenvalue weighted by atomic mass is 32.2. The molecule has 96 valence electrons. The Balaban J connectivity index is 1.97. The van der Waals surface area contributed by atoms with E-state index in [0.29, 0.717) is 10.9 Å². The summed E-state index contributed by atoms with van der Waals surface area (Å²) < 4.78 is 7.71. The van der Waals surface area contributed by atoms with Crippen LogP contribution in [0, 0.1) is 0 Å². The van der Waals surface area contributed by atoms with E-state index in [2.05, 4.69) is 25.4 Å². The number of thioether (sulfide) groups is 1. The van der Waals surface area contributed by atoms with Gasteiger partial charge in [0.25, 0.3) is 0 Å². The molecule has 2 aromatic heterocycles. The lowest BCUT2D eigenvalue weighted by molar-refractivity contribution is -0.141. The topological polar surface area (TPSA) is 87.7 Å². The molecule has 0 saturated carbocycles. The summed E-state index contributed by atoms with van der Waals surface area (Å²) in [7, 11) is 3.19. The summed E-state index contributed by atoms with van der Waals surface area (Å²) in [5.74, 6) is 0.306. The first-order chi connectivity index (χ1) is 8.69. The number of carbonyl (C=O) groups is 1. The third-order valence-corrected chi connectivity index (χ3v) is 3.16. The van der Waals surface area contributed by atoms with Gasteiger partial charge in [-0.15, -0.1) is 5.10 Å². The molecule has 18 heavy (non-hydrogen) atoms. The molecule has 2 rings (SSSR count). The van der Waals surface area contributed by atoms with Crippen LogP contribution >= 0.6 is 11.8 Å². The summed E-state index contributed by atoms with van der Waals surface area (Å²) in [6, 6.07) is 0. The fourth-order valence-corrected chi connectivity index (χ4v) is 2.07. The number of esters is 1. The van der Waals surface area contributed by atoms with Gasteiger partial charge in [0, 0.05) is 24.6 Å². The minimum atomic E-state index is -0.384. The molecule has 0 saturated heterocycles. The zero-order valence-corrected chi connectivity index (χ0v) is 10.8. The van der Waals surface area contributed by atoms with Crippen LogP contribution in [0.2, 0.25) is 0 Å². The van der Waals surface area contributed by atoms with Crippen molar-refractivity contribution < 1.29 is 9.53 Å². The van der Waals surface area contributed by atoms with Gasteiger partial charge in [-0.25, -0.2) is 4.68 Å². The predicted molar refractivity (Wildman–Crippen MR) is 62.6 cm³/mol. The van der Waals surface area contributed by atoms with Gasteiger partial charge < -0.3 is 4.74 Å². The van der Waals surface area contributed by atoms with Crippen LogP contribution < -0.4 is 0 Å². The van der Waals surface area contributed by atoms with Gasteiger partial charge in [-0.1, -0.05) is 11.8 Å². The van der Waals surface area contributed by atoms with E-state index in [9.17, 15) is 4.79 Å². The molecule has 8 nitrogen and oxygen atoms in total. The molecule has 0 aliphatic rings. The number of hydrogen-bond acceptors (Lipinski definition) is 7. The molecule has 0 amide bonds. The van der Waals surface area contributed by atoms with Crippen molar-refractivity contribution in [3.8, 4) is 0 Å². The van der Waals surface area contributed by atoms with Crippen molar-refractivity contribution in [1.82, 2.24) is 30.0 Å². The summed E-state index contributed by atoms with van der Waals surface area (Å²) >= 11 is 1.44. The van der Waals surface area contributed by atoms with Crippen molar-refractivity contribution in [3.05, 3.63) is 18.0 Å². The molecule has 0 fully saturated rings. The van der Waals surface area contributed by atoms with Crippen molar-refractivity contribution in [1.29, 1.82) is 0 Å². The first-order valence-electron chi connectivity index (χ1n) is 5.12. The molecule has 9 heteroatoms. The SMILES string of the molecule is COC(=O)Cn1nnnc1SCc1cnn(C)c1. The second kappa shape index (κ2) is 5.63. The molecule has 0 radical (unpaired) electrons. The van der Waals surface area contributed by atoms with Crippen LogP contribution in [-0.2, 0) is 28.9 Å². The molecule has 2 aromatic rings. The summed E-state index contributed by atoms with van der Waals surface area (Å²) in [6.07, 6.45) is 3.70. The van der Waals surface area contributed by atoms with Gasteiger partial charge in [-0.05, 0) is 10.4 Å². The first kappa shape index (κ1) is 12.6. The predicted octanol–water partition coefficient (Wildman–Crippen LogP) is -0.128. The second-order valence-electron chi connectivity index (χ2n) is 3.51. The Labute approximate surface area is 107 Å². The fraction of sp³-hybridized carbons (Fsp3) is 0.444. The van der Waals surface area contributed by atoms with Gasteiger partial charge in [-0.2, -0.15) is 5.10 Å². The minimum absolute atomic E-state index is 0.0128. The van der Waals surface area contributed by atoms with Crippen LogP contribution in [0.1, 0.15) is 5.56 Å². The van der Waals surface area contributed by atoms with E-state index >= 15 is 0 Å². The number of tetrazole rings is 1. The second-order valence-corrected chi connectivity index (χ2v) is 4.45. The van der Waals surface area contributed by atoms with E-state index < -0.39 is 0 Å². The van der Waals surface area contributed by atoms with Crippen molar-refractivity contribution in [2.24, 2.45) is 7.05 Å². The van der Waals surface area contributed by atoms with Crippen molar-refractivity contribution in [3.63, 3.8) is 0 Å². The maximum Gasteiger partial charge on any atom is 0.327 e. The smallest absolute Gasteiger partial charge is 0.327 e. The van der Waals surface area contributed by atoms with Crippen molar-refractivity contribution >= 4 is 17.7 Å². The number of aromatic nitrogens is 6. The average molecular weight is 268 g/mol. The molecule has 0 bridgehead atoms. The normalized spacial score (nSPS) is 10.6. The Bertz CT molecular complexity index is 537. The molecule has 0 atom stereocenters. The molecule has 0 spiro atoms. The molecular weight excluding hydrogens is 256 g/mol. The monoisotopic (exact) mass is 268 g/mol. The van der Waals surface area contributed by atoms with Gasteiger partial charge in [-0.3, -0.25) is 9.48 Å². The van der Waals surface area contributed by atoms with E-state index in [0.717, 1.165) is 5.56 Å². The van der Waals surface area contributed by atoms with E-state index in [-0.39, 0.29) is 12.5 Å². The maximum absolute atomic E-state index is 11.1. The Hall–Kier alpha value is -1.90. The van der Waals surface area contributed by atoms with Crippen LogP contribution in [0.3, 0.4) is 0 Å². The Morgan fingerprint density at radius 3 is 3.06 bits per heavy atom. The number of carbonyl (C=O) groups excluding carboxylic acids is 1. The molecule has 0 aliphatic carbocycles. The molecule has 0 N–H and O–H groups in total. The van der Waals surface area contributed by atoms with E-state index in [1.54, 1.807) is 10.9 Å². The average Bonchev–Trinajstić information content (AvgIpc) is 2.96. The van der Waals surface area contributed by atoms with Crippen LogP contribution in [0.5, 0.6) is 0 Å². The van der Waals surface area contributed by atoms with Crippen LogP contribution in [0.25, 0.3) is 0 Å². The number of aryl methyl sites for hydroxylation is 1. The van der Waals surface area contributed by atoms with Gasteiger partial charge in [0.1, 0.15) is 6.54 Å². The zero-order chi connectivity index (χ0) is 13.0. The van der Waals surface area contributed by atoms with Gasteiger partial charge in [0.15, 0.2) is 0 Å². The van der Waals surface area contributed by atoms with Crippen molar-refractivity contribution in [2.75, 3.05) is 7.11 Å². The number of rotatable bonds is 5. The summed E-state index contributed by atoms with van der Waals surface area (Å²) in [5, 5.41) is 15.8. The lowest BCUT2D eigenvalue weighted by atomic mass is 10.4. The standard InChI is InChI=1S/C9H12N6O2S/c1-14-4-7(3-10-14)6-18-9-11-12-13-15(9)5-8(16)17-2/h3-4H,5-6H2,1-2H3. The Kier molecular flexibility index (Phi) is 3.92. The fourth-order valence-electron chi connectivity index (χ4n) is 1.28. The Morgan fingerprint density at radius 1 is 1.56 bits per heavy atom. The lowest BCUT2D eigenvalue weighted by Crippen LogP contribution is -2.13. The lowest BCUT2D eigenvalue weighted by Gasteiger charge is -2.01. The summed E-state index contributed by atoms with van der Waals surface area (Å²) in [5.41, 5.74) is 1.06. The highest BCUT2D eigenvalue weighted by molar-refractivity contribution is 7.98. The number of nitrogens with zero attached hydrogens (tertiary/aromatic N) is 6. The molecule has 0 aliphatic heterocycles. The molecular formula is C9H12N6O2S. The van der Waals surface area contributed by atoms with E-state index in [4.69, 9.17) is 0 Å². The van der Waals surface area contributed by atoms with Crippen LogP contribution in [0.4, 0.5) is 0 Å². The van der Waals surface area contributed by atoms with Crippen molar-refractivity contribution in [2.45, 2.75) is 17.5 Å². The molecule has 0 unspecified atom stereocenters. The molecule has 2 heterocycles. The summed E-state index contributed by atoms with van der Waals surface area (Å²) in [6.45, 7) is 0.0128. The quantitative estimate of drug-likeness (QED) is 0.551. The third kappa shape index (κ3) is 3.06. The van der Waals surface area contributed by atoms with Gasteiger partial charge >= 0.3 is 5.97 Å². The number of hydrogen-bond donors (Lipinski definition) is 0.